The van der Waals surface area contributed by atoms with Crippen molar-refractivity contribution in [3.8, 4) is 17.2 Å². The van der Waals surface area contributed by atoms with Gasteiger partial charge in [-0.25, -0.2) is 0 Å². The minimum atomic E-state index is -2.94. The first kappa shape index (κ1) is 20.1. The van der Waals surface area contributed by atoms with E-state index in [1.807, 2.05) is 18.2 Å². The van der Waals surface area contributed by atoms with Gasteiger partial charge in [-0.15, -0.1) is 0 Å². The molecule has 0 spiro atoms. The summed E-state index contributed by atoms with van der Waals surface area (Å²) in [5, 5.41) is 2.81. The van der Waals surface area contributed by atoms with Gasteiger partial charge in [0.05, 0.1) is 12.7 Å². The van der Waals surface area contributed by atoms with Crippen LogP contribution < -0.4 is 19.5 Å². The lowest BCUT2D eigenvalue weighted by molar-refractivity contribution is -0.0512. The van der Waals surface area contributed by atoms with E-state index in [1.54, 1.807) is 48.5 Å². The SMILES string of the molecule is COc1cc(COc2ccccc2C(=O)Nc2ccccc2)ccc1OC(F)F. The molecule has 0 bridgehead atoms. The number of nitrogens with one attached hydrogen (secondary N) is 1. The first-order chi connectivity index (χ1) is 14.1. The lowest BCUT2D eigenvalue weighted by atomic mass is 10.1. The molecule has 0 saturated carbocycles. The van der Waals surface area contributed by atoms with Crippen LogP contribution in [0.2, 0.25) is 0 Å². The van der Waals surface area contributed by atoms with Crippen molar-refractivity contribution in [3.63, 3.8) is 0 Å². The zero-order chi connectivity index (χ0) is 20.6. The van der Waals surface area contributed by atoms with Gasteiger partial charge in [0.2, 0.25) is 0 Å². The molecule has 1 N–H and O–H groups in total. The molecule has 150 valence electrons. The maximum atomic E-state index is 12.6. The number of carbonyl (C=O) groups is 1. The highest BCUT2D eigenvalue weighted by Crippen LogP contribution is 2.30. The number of anilines is 1. The van der Waals surface area contributed by atoms with Gasteiger partial charge in [0, 0.05) is 5.69 Å². The molecule has 29 heavy (non-hydrogen) atoms. The second kappa shape index (κ2) is 9.54. The van der Waals surface area contributed by atoms with E-state index < -0.39 is 6.61 Å². The van der Waals surface area contributed by atoms with Gasteiger partial charge in [0.1, 0.15) is 12.4 Å². The van der Waals surface area contributed by atoms with Gasteiger partial charge >= 0.3 is 6.61 Å². The summed E-state index contributed by atoms with van der Waals surface area (Å²) in [7, 11) is 1.36. The van der Waals surface area contributed by atoms with Gasteiger partial charge in [0.25, 0.3) is 5.91 Å². The van der Waals surface area contributed by atoms with Crippen molar-refractivity contribution >= 4 is 11.6 Å². The molecular weight excluding hydrogens is 380 g/mol. The molecule has 0 aliphatic rings. The lowest BCUT2D eigenvalue weighted by Crippen LogP contribution is -2.13. The highest BCUT2D eigenvalue weighted by molar-refractivity contribution is 6.06. The van der Waals surface area contributed by atoms with Crippen LogP contribution in [-0.2, 0) is 6.61 Å². The van der Waals surface area contributed by atoms with Gasteiger partial charge in [-0.05, 0) is 42.0 Å². The topological polar surface area (TPSA) is 56.8 Å². The van der Waals surface area contributed by atoms with Crippen LogP contribution in [0.25, 0.3) is 0 Å². The number of rotatable bonds is 8. The average molecular weight is 399 g/mol. The van der Waals surface area contributed by atoms with Crippen LogP contribution in [-0.4, -0.2) is 19.6 Å². The van der Waals surface area contributed by atoms with Gasteiger partial charge in [-0.2, -0.15) is 8.78 Å². The number of methoxy groups -OCH3 is 1. The fourth-order valence-corrected chi connectivity index (χ4v) is 2.66. The third-order valence-electron chi connectivity index (χ3n) is 4.00. The highest BCUT2D eigenvalue weighted by atomic mass is 19.3. The zero-order valence-electron chi connectivity index (χ0n) is 15.6. The molecule has 3 aromatic rings. The Hall–Kier alpha value is -3.61. The van der Waals surface area contributed by atoms with Gasteiger partial charge in [-0.1, -0.05) is 36.4 Å². The molecule has 0 radical (unpaired) electrons. The minimum absolute atomic E-state index is 0.0612. The van der Waals surface area contributed by atoms with Crippen LogP contribution >= 0.6 is 0 Å². The fraction of sp³-hybridized carbons (Fsp3) is 0.136. The van der Waals surface area contributed by atoms with Gasteiger partial charge < -0.3 is 19.5 Å². The molecule has 0 fully saturated rings. The Kier molecular flexibility index (Phi) is 6.63. The third-order valence-corrected chi connectivity index (χ3v) is 4.00. The number of halogens is 2. The van der Waals surface area contributed by atoms with E-state index >= 15 is 0 Å². The van der Waals surface area contributed by atoms with Crippen LogP contribution in [0, 0.1) is 0 Å². The van der Waals surface area contributed by atoms with Crippen LogP contribution in [0.1, 0.15) is 15.9 Å². The Labute approximate surface area is 166 Å². The molecule has 0 aromatic heterocycles. The number of ether oxygens (including phenoxy) is 3. The lowest BCUT2D eigenvalue weighted by Gasteiger charge is -2.14. The normalized spacial score (nSPS) is 10.5. The molecule has 3 rings (SSSR count). The van der Waals surface area contributed by atoms with Gasteiger partial charge in [0.15, 0.2) is 11.5 Å². The first-order valence-electron chi connectivity index (χ1n) is 8.77. The van der Waals surface area contributed by atoms with E-state index in [2.05, 4.69) is 10.1 Å². The largest absolute Gasteiger partial charge is 0.493 e. The quantitative estimate of drug-likeness (QED) is 0.571. The number of hydrogen-bond acceptors (Lipinski definition) is 4. The van der Waals surface area contributed by atoms with Crippen LogP contribution in [0.4, 0.5) is 14.5 Å². The standard InChI is InChI=1S/C22H19F2NO4/c1-27-20-13-15(11-12-19(20)29-22(23)24)14-28-18-10-6-5-9-17(18)21(26)25-16-7-3-2-4-8-16/h2-13,22H,14H2,1H3,(H,25,26). The molecule has 0 saturated heterocycles. The molecule has 1 amide bonds. The minimum Gasteiger partial charge on any atom is -0.493 e. The monoisotopic (exact) mass is 399 g/mol. The van der Waals surface area contributed by atoms with E-state index in [-0.39, 0.29) is 24.0 Å². The van der Waals surface area contributed by atoms with Crippen molar-refractivity contribution in [3.05, 3.63) is 83.9 Å². The fourth-order valence-electron chi connectivity index (χ4n) is 2.66. The number of hydrogen-bond donors (Lipinski definition) is 1. The Morgan fingerprint density at radius 3 is 2.38 bits per heavy atom. The molecule has 0 heterocycles. The van der Waals surface area contributed by atoms with E-state index in [0.29, 0.717) is 22.6 Å². The molecule has 0 unspecified atom stereocenters. The highest BCUT2D eigenvalue weighted by Gasteiger charge is 2.14. The molecule has 7 heteroatoms. The maximum Gasteiger partial charge on any atom is 0.387 e. The van der Waals surface area contributed by atoms with Crippen LogP contribution in [0.3, 0.4) is 0 Å². The molecule has 0 atom stereocenters. The second-order valence-electron chi connectivity index (χ2n) is 5.97. The van der Waals surface area contributed by atoms with Gasteiger partial charge in [-0.3, -0.25) is 4.79 Å². The molecular formula is C22H19F2NO4. The van der Waals surface area contributed by atoms with E-state index in [1.165, 1.54) is 13.2 Å². The summed E-state index contributed by atoms with van der Waals surface area (Å²) in [5.41, 5.74) is 1.72. The molecule has 0 aliphatic carbocycles. The average Bonchev–Trinajstić information content (AvgIpc) is 2.73. The molecule has 5 nitrogen and oxygen atoms in total. The Morgan fingerprint density at radius 2 is 1.66 bits per heavy atom. The predicted octanol–water partition coefficient (Wildman–Crippen LogP) is 5.13. The van der Waals surface area contributed by atoms with Crippen molar-refractivity contribution in [1.82, 2.24) is 0 Å². The zero-order valence-corrected chi connectivity index (χ0v) is 15.6. The summed E-state index contributed by atoms with van der Waals surface area (Å²) in [6, 6.07) is 20.5. The van der Waals surface area contributed by atoms with Crippen LogP contribution in [0.5, 0.6) is 17.2 Å². The number of para-hydroxylation sites is 2. The number of alkyl halides is 2. The summed E-state index contributed by atoms with van der Waals surface area (Å²) >= 11 is 0. The summed E-state index contributed by atoms with van der Waals surface area (Å²) in [4.78, 5) is 12.6. The predicted molar refractivity (Wildman–Crippen MR) is 105 cm³/mol. The summed E-state index contributed by atoms with van der Waals surface area (Å²) in [5.74, 6) is 0.202. The van der Waals surface area contributed by atoms with Crippen molar-refractivity contribution in [2.24, 2.45) is 0 Å². The van der Waals surface area contributed by atoms with Crippen molar-refractivity contribution in [1.29, 1.82) is 0 Å². The van der Waals surface area contributed by atoms with Crippen molar-refractivity contribution < 1.29 is 27.8 Å². The molecule has 3 aromatic carbocycles. The van der Waals surface area contributed by atoms with Crippen LogP contribution in [0.15, 0.2) is 72.8 Å². The Morgan fingerprint density at radius 1 is 0.931 bits per heavy atom. The maximum absolute atomic E-state index is 12.6. The second-order valence-corrected chi connectivity index (χ2v) is 5.97. The van der Waals surface area contributed by atoms with E-state index in [9.17, 15) is 13.6 Å². The summed E-state index contributed by atoms with van der Waals surface area (Å²) < 4.78 is 40.2. The molecule has 0 aliphatic heterocycles. The van der Waals surface area contributed by atoms with E-state index in [0.717, 1.165) is 0 Å². The first-order valence-corrected chi connectivity index (χ1v) is 8.77. The number of amides is 1. The third kappa shape index (κ3) is 5.44. The smallest absolute Gasteiger partial charge is 0.387 e. The van der Waals surface area contributed by atoms with Crippen molar-refractivity contribution in [2.75, 3.05) is 12.4 Å². The summed E-state index contributed by atoms with van der Waals surface area (Å²) in [6.45, 7) is -2.83. The van der Waals surface area contributed by atoms with E-state index in [4.69, 9.17) is 9.47 Å². The number of carbonyl (C=O) groups excluding carboxylic acids is 1. The number of benzene rings is 3. The Bertz CT molecular complexity index is 964. The summed E-state index contributed by atoms with van der Waals surface area (Å²) in [6.07, 6.45) is 0. The van der Waals surface area contributed by atoms with Crippen molar-refractivity contribution in [2.45, 2.75) is 13.2 Å². The Balaban J connectivity index is 1.72.